The zero-order valence-corrected chi connectivity index (χ0v) is 13.5. The van der Waals surface area contributed by atoms with E-state index in [4.69, 9.17) is 5.73 Å². The minimum Gasteiger partial charge on any atom is -0.394 e. The maximum absolute atomic E-state index is 12.0. The van der Waals surface area contributed by atoms with Gasteiger partial charge < -0.3 is 15.5 Å². The summed E-state index contributed by atoms with van der Waals surface area (Å²) in [5.41, 5.74) is 7.65. The van der Waals surface area contributed by atoms with Crippen molar-refractivity contribution in [1.29, 1.82) is 0 Å². The number of aryl methyl sites for hydroxylation is 1. The minimum absolute atomic E-state index is 0.0620. The quantitative estimate of drug-likeness (QED) is 0.861. The molecule has 1 aromatic rings. The number of carbonyl (C=O) groups is 1. The molecule has 1 rings (SSSR count). The Bertz CT molecular complexity index is 464. The second-order valence-corrected chi connectivity index (χ2v) is 5.57. The Labute approximate surface area is 121 Å². The van der Waals surface area contributed by atoms with E-state index in [2.05, 4.69) is 25.9 Å². The SMILES string of the molecule is CCCN(CC(=O)N(C)C)c1c(N)c(C)nn1C(C)C. The lowest BCUT2D eigenvalue weighted by atomic mass is 10.3. The fourth-order valence-corrected chi connectivity index (χ4v) is 2.06. The third-order valence-corrected chi connectivity index (χ3v) is 3.21. The lowest BCUT2D eigenvalue weighted by molar-refractivity contribution is -0.127. The van der Waals surface area contributed by atoms with Crippen molar-refractivity contribution in [3.05, 3.63) is 5.69 Å². The van der Waals surface area contributed by atoms with E-state index in [-0.39, 0.29) is 11.9 Å². The normalized spacial score (nSPS) is 10.9. The number of carbonyl (C=O) groups excluding carboxylic acids is 1. The van der Waals surface area contributed by atoms with Crippen LogP contribution in [-0.4, -0.2) is 47.8 Å². The van der Waals surface area contributed by atoms with Crippen molar-refractivity contribution in [2.24, 2.45) is 0 Å². The van der Waals surface area contributed by atoms with E-state index in [1.807, 2.05) is 16.5 Å². The highest BCUT2D eigenvalue weighted by atomic mass is 16.2. The van der Waals surface area contributed by atoms with Gasteiger partial charge in [0.1, 0.15) is 0 Å². The average Bonchev–Trinajstić information content (AvgIpc) is 2.65. The first-order valence-corrected chi connectivity index (χ1v) is 7.09. The minimum atomic E-state index is 0.0620. The molecule has 0 aliphatic carbocycles. The molecule has 0 saturated heterocycles. The van der Waals surface area contributed by atoms with Crippen molar-refractivity contribution in [3.8, 4) is 0 Å². The van der Waals surface area contributed by atoms with E-state index in [1.165, 1.54) is 0 Å². The Kier molecular flexibility index (Phi) is 5.42. The van der Waals surface area contributed by atoms with Crippen molar-refractivity contribution in [2.45, 2.75) is 40.2 Å². The molecule has 2 N–H and O–H groups in total. The van der Waals surface area contributed by atoms with E-state index >= 15 is 0 Å². The molecule has 0 radical (unpaired) electrons. The molecule has 0 aromatic carbocycles. The highest BCUT2D eigenvalue weighted by molar-refractivity contribution is 5.82. The summed E-state index contributed by atoms with van der Waals surface area (Å²) in [5.74, 6) is 0.918. The first kappa shape index (κ1) is 16.3. The number of rotatable bonds is 6. The molecule has 0 atom stereocenters. The fourth-order valence-electron chi connectivity index (χ4n) is 2.06. The maximum Gasteiger partial charge on any atom is 0.241 e. The number of nitrogens with zero attached hydrogens (tertiary/aromatic N) is 4. The van der Waals surface area contributed by atoms with Crippen LogP contribution in [0.4, 0.5) is 11.5 Å². The van der Waals surface area contributed by atoms with Crippen molar-refractivity contribution in [2.75, 3.05) is 37.8 Å². The topological polar surface area (TPSA) is 67.4 Å². The molecule has 0 aliphatic heterocycles. The lowest BCUT2D eigenvalue weighted by Gasteiger charge is -2.27. The molecule has 0 unspecified atom stereocenters. The third-order valence-electron chi connectivity index (χ3n) is 3.21. The molecular formula is C14H27N5O. The molecule has 0 fully saturated rings. The van der Waals surface area contributed by atoms with Crippen LogP contribution in [0.5, 0.6) is 0 Å². The molecule has 6 nitrogen and oxygen atoms in total. The summed E-state index contributed by atoms with van der Waals surface area (Å²) in [6.45, 7) is 9.22. The Hall–Kier alpha value is -1.72. The van der Waals surface area contributed by atoms with E-state index in [0.717, 1.165) is 24.5 Å². The van der Waals surface area contributed by atoms with Gasteiger partial charge in [-0.15, -0.1) is 0 Å². The lowest BCUT2D eigenvalue weighted by Crippen LogP contribution is -2.38. The molecule has 6 heteroatoms. The average molecular weight is 281 g/mol. The monoisotopic (exact) mass is 281 g/mol. The Morgan fingerprint density at radius 1 is 1.40 bits per heavy atom. The van der Waals surface area contributed by atoms with E-state index in [1.54, 1.807) is 19.0 Å². The molecule has 1 aromatic heterocycles. The molecule has 0 spiro atoms. The smallest absolute Gasteiger partial charge is 0.241 e. The van der Waals surface area contributed by atoms with Gasteiger partial charge in [0.15, 0.2) is 5.82 Å². The molecule has 20 heavy (non-hydrogen) atoms. The van der Waals surface area contributed by atoms with Crippen molar-refractivity contribution in [1.82, 2.24) is 14.7 Å². The van der Waals surface area contributed by atoms with Gasteiger partial charge in [-0.25, -0.2) is 4.68 Å². The van der Waals surface area contributed by atoms with Crippen molar-refractivity contribution in [3.63, 3.8) is 0 Å². The maximum atomic E-state index is 12.0. The van der Waals surface area contributed by atoms with Crippen LogP contribution < -0.4 is 10.6 Å². The van der Waals surface area contributed by atoms with Gasteiger partial charge in [-0.2, -0.15) is 5.10 Å². The number of likely N-dealkylation sites (N-methyl/N-ethyl adjacent to an activating group) is 1. The number of anilines is 2. The molecule has 0 bridgehead atoms. The van der Waals surface area contributed by atoms with E-state index < -0.39 is 0 Å². The van der Waals surface area contributed by atoms with Gasteiger partial charge in [-0.05, 0) is 27.2 Å². The number of nitrogens with two attached hydrogens (primary N) is 1. The van der Waals surface area contributed by atoms with Gasteiger partial charge in [0.25, 0.3) is 0 Å². The van der Waals surface area contributed by atoms with Crippen LogP contribution in [0.3, 0.4) is 0 Å². The number of hydrogen-bond donors (Lipinski definition) is 1. The molecular weight excluding hydrogens is 254 g/mol. The molecule has 0 saturated carbocycles. The Balaban J connectivity index is 3.17. The first-order valence-electron chi connectivity index (χ1n) is 7.09. The number of nitrogen functional groups attached to an aromatic ring is 1. The Morgan fingerprint density at radius 3 is 2.45 bits per heavy atom. The Morgan fingerprint density at radius 2 is 2.00 bits per heavy atom. The predicted octanol–water partition coefficient (Wildman–Crippen LogP) is 1.66. The fraction of sp³-hybridized carbons (Fsp3) is 0.714. The molecule has 1 amide bonds. The van der Waals surface area contributed by atoms with Gasteiger partial charge in [0.05, 0.1) is 17.9 Å². The zero-order chi connectivity index (χ0) is 15.4. The van der Waals surface area contributed by atoms with Gasteiger partial charge in [0.2, 0.25) is 5.91 Å². The summed E-state index contributed by atoms with van der Waals surface area (Å²) < 4.78 is 1.91. The molecule has 0 aliphatic rings. The van der Waals surface area contributed by atoms with Crippen LogP contribution in [0.2, 0.25) is 0 Å². The van der Waals surface area contributed by atoms with Crippen LogP contribution in [0, 0.1) is 6.92 Å². The highest BCUT2D eigenvalue weighted by Gasteiger charge is 2.22. The van der Waals surface area contributed by atoms with Gasteiger partial charge in [-0.3, -0.25) is 4.79 Å². The van der Waals surface area contributed by atoms with Gasteiger partial charge >= 0.3 is 0 Å². The summed E-state index contributed by atoms with van der Waals surface area (Å²) in [7, 11) is 3.53. The summed E-state index contributed by atoms with van der Waals surface area (Å²) in [4.78, 5) is 15.6. The summed E-state index contributed by atoms with van der Waals surface area (Å²) in [6, 6.07) is 0.204. The zero-order valence-electron chi connectivity index (χ0n) is 13.5. The summed E-state index contributed by atoms with van der Waals surface area (Å²) in [5, 5.41) is 4.49. The third kappa shape index (κ3) is 3.43. The summed E-state index contributed by atoms with van der Waals surface area (Å²) in [6.07, 6.45) is 0.947. The van der Waals surface area contributed by atoms with Crippen molar-refractivity contribution >= 4 is 17.4 Å². The largest absolute Gasteiger partial charge is 0.394 e. The standard InChI is InChI=1S/C14H27N5O/c1-7-8-18(9-12(20)17(5)6)14-13(15)11(4)16-19(14)10(2)3/h10H,7-9,15H2,1-6H3. The first-order chi connectivity index (χ1) is 9.29. The van der Waals surface area contributed by atoms with Crippen molar-refractivity contribution < 1.29 is 4.79 Å². The van der Waals surface area contributed by atoms with Crippen LogP contribution in [0.15, 0.2) is 0 Å². The second-order valence-electron chi connectivity index (χ2n) is 5.57. The molecule has 114 valence electrons. The number of amides is 1. The summed E-state index contributed by atoms with van der Waals surface area (Å²) >= 11 is 0. The predicted molar refractivity (Wildman–Crippen MR) is 83.0 cm³/mol. The molecule has 1 heterocycles. The number of hydrogen-bond acceptors (Lipinski definition) is 4. The highest BCUT2D eigenvalue weighted by Crippen LogP contribution is 2.29. The van der Waals surface area contributed by atoms with Crippen LogP contribution in [-0.2, 0) is 4.79 Å². The second kappa shape index (κ2) is 6.63. The van der Waals surface area contributed by atoms with Crippen LogP contribution >= 0.6 is 0 Å². The van der Waals surface area contributed by atoms with E-state index in [0.29, 0.717) is 12.2 Å². The van der Waals surface area contributed by atoms with E-state index in [9.17, 15) is 4.79 Å². The van der Waals surface area contributed by atoms with Crippen LogP contribution in [0.25, 0.3) is 0 Å². The number of aromatic nitrogens is 2. The van der Waals surface area contributed by atoms with Gasteiger partial charge in [-0.1, -0.05) is 6.92 Å². The van der Waals surface area contributed by atoms with Gasteiger partial charge in [0, 0.05) is 26.7 Å². The van der Waals surface area contributed by atoms with Crippen LogP contribution in [0.1, 0.15) is 38.9 Å².